The number of anilines is 1. The second-order valence-corrected chi connectivity index (χ2v) is 9.88. The molecule has 0 amide bonds. The lowest BCUT2D eigenvalue weighted by atomic mass is 10.0. The fraction of sp³-hybridized carbons (Fsp3) is 0. The van der Waals surface area contributed by atoms with Crippen LogP contribution >= 0.6 is 0 Å². The average molecular weight is 369 g/mol. The molecule has 0 unspecified atom stereocenters. The number of fused-ring (bicyclic) bond motifs is 6. The molecule has 0 radical (unpaired) electrons. The van der Waals surface area contributed by atoms with Crippen LogP contribution in [0.5, 0.6) is 0 Å². The maximum absolute atomic E-state index is 12.9. The van der Waals surface area contributed by atoms with Gasteiger partial charge >= 0.3 is 0 Å². The molecule has 0 atom stereocenters. The summed E-state index contributed by atoms with van der Waals surface area (Å²) in [5, 5.41) is 0. The van der Waals surface area contributed by atoms with Crippen molar-refractivity contribution < 1.29 is 16.8 Å². The largest absolute Gasteiger partial charge is 0.399 e. The normalized spacial score (nSPS) is 17.4. The van der Waals surface area contributed by atoms with E-state index in [4.69, 9.17) is 5.73 Å². The van der Waals surface area contributed by atoms with Crippen LogP contribution in [-0.2, 0) is 19.7 Å². The van der Waals surface area contributed by atoms with Crippen molar-refractivity contribution >= 4 is 25.4 Å². The highest BCUT2D eigenvalue weighted by Crippen LogP contribution is 2.51. The quantitative estimate of drug-likeness (QED) is 0.424. The number of sulfone groups is 2. The second kappa shape index (κ2) is 4.30. The van der Waals surface area contributed by atoms with Gasteiger partial charge in [-0.2, -0.15) is 0 Å². The number of hydrogen-bond donors (Lipinski definition) is 1. The third kappa shape index (κ3) is 1.66. The molecule has 0 aromatic heterocycles. The standard InChI is InChI=1S/C18H11NO4S2/c19-10-5-6-12-14-9-17-13(8-18(14)25(22,23)16(12)7-10)11-3-1-2-4-15(11)24(17,20)21/h1-9H,19H2. The summed E-state index contributed by atoms with van der Waals surface area (Å²) in [6.45, 7) is 0. The van der Waals surface area contributed by atoms with Gasteiger partial charge in [-0.1, -0.05) is 24.3 Å². The molecule has 0 aliphatic carbocycles. The monoisotopic (exact) mass is 369 g/mol. The van der Waals surface area contributed by atoms with Gasteiger partial charge in [0.2, 0.25) is 19.7 Å². The SMILES string of the molecule is Nc1ccc2c(c1)S(=O)(=O)c1cc3c(cc1-2)S(=O)(=O)c1ccccc1-3. The average Bonchev–Trinajstić information content (AvgIpc) is 2.94. The van der Waals surface area contributed by atoms with Gasteiger partial charge in [0.1, 0.15) is 0 Å². The number of nitrogen functional groups attached to an aromatic ring is 1. The van der Waals surface area contributed by atoms with Crippen LogP contribution in [0.15, 0.2) is 74.2 Å². The van der Waals surface area contributed by atoms with E-state index >= 15 is 0 Å². The molecule has 25 heavy (non-hydrogen) atoms. The van der Waals surface area contributed by atoms with Crippen LogP contribution in [0.25, 0.3) is 22.3 Å². The Morgan fingerprint density at radius 2 is 1.08 bits per heavy atom. The predicted molar refractivity (Wildman–Crippen MR) is 92.6 cm³/mol. The van der Waals surface area contributed by atoms with Gasteiger partial charge in [-0.05, 0) is 30.3 Å². The Bertz CT molecular complexity index is 1320. The van der Waals surface area contributed by atoms with Crippen molar-refractivity contribution in [2.75, 3.05) is 5.73 Å². The van der Waals surface area contributed by atoms with Crippen molar-refractivity contribution in [3.05, 3.63) is 54.6 Å². The first kappa shape index (κ1) is 14.7. The molecule has 5 rings (SSSR count). The van der Waals surface area contributed by atoms with E-state index < -0.39 is 19.7 Å². The maximum atomic E-state index is 12.9. The molecule has 124 valence electrons. The second-order valence-electron chi connectivity index (χ2n) is 6.10. The maximum Gasteiger partial charge on any atom is 0.207 e. The van der Waals surface area contributed by atoms with Gasteiger partial charge in [-0.25, -0.2) is 16.8 Å². The van der Waals surface area contributed by atoms with Crippen LogP contribution in [0.1, 0.15) is 0 Å². The van der Waals surface area contributed by atoms with Gasteiger partial charge in [0, 0.05) is 27.9 Å². The molecule has 3 aromatic carbocycles. The molecule has 0 saturated carbocycles. The fourth-order valence-electron chi connectivity index (χ4n) is 3.57. The Labute approximate surface area is 144 Å². The van der Waals surface area contributed by atoms with Crippen molar-refractivity contribution in [1.29, 1.82) is 0 Å². The minimum Gasteiger partial charge on any atom is -0.399 e. The van der Waals surface area contributed by atoms with Crippen LogP contribution in [-0.4, -0.2) is 16.8 Å². The first-order valence-electron chi connectivity index (χ1n) is 7.49. The zero-order chi connectivity index (χ0) is 17.6. The minimum atomic E-state index is -3.72. The topological polar surface area (TPSA) is 94.3 Å². The number of rotatable bonds is 0. The third-order valence-corrected chi connectivity index (χ3v) is 8.40. The molecule has 2 aliphatic heterocycles. The predicted octanol–water partition coefficient (Wildman–Crippen LogP) is 2.90. The molecule has 2 heterocycles. The Morgan fingerprint density at radius 3 is 1.76 bits per heavy atom. The summed E-state index contributed by atoms with van der Waals surface area (Å²) in [6.07, 6.45) is 0. The van der Waals surface area contributed by atoms with E-state index in [9.17, 15) is 16.8 Å². The summed E-state index contributed by atoms with van der Waals surface area (Å²) < 4.78 is 51.5. The van der Waals surface area contributed by atoms with Crippen LogP contribution in [0.4, 0.5) is 5.69 Å². The Hall–Kier alpha value is -2.64. The molecule has 3 aromatic rings. The molecule has 7 heteroatoms. The number of nitrogens with two attached hydrogens (primary N) is 1. The van der Waals surface area contributed by atoms with E-state index in [1.54, 1.807) is 36.4 Å². The Balaban J connectivity index is 1.93. The summed E-state index contributed by atoms with van der Waals surface area (Å²) in [5.74, 6) is 0. The summed E-state index contributed by atoms with van der Waals surface area (Å²) in [7, 11) is -7.38. The number of benzene rings is 3. The molecule has 0 spiro atoms. The molecular weight excluding hydrogens is 358 g/mol. The van der Waals surface area contributed by atoms with Crippen molar-refractivity contribution in [1.82, 2.24) is 0 Å². The van der Waals surface area contributed by atoms with Gasteiger partial charge < -0.3 is 5.73 Å². The van der Waals surface area contributed by atoms with Crippen LogP contribution in [0.2, 0.25) is 0 Å². The first-order chi connectivity index (χ1) is 11.8. The van der Waals surface area contributed by atoms with Crippen molar-refractivity contribution in [2.45, 2.75) is 19.6 Å². The first-order valence-corrected chi connectivity index (χ1v) is 10.5. The van der Waals surface area contributed by atoms with Gasteiger partial charge in [-0.15, -0.1) is 0 Å². The van der Waals surface area contributed by atoms with E-state index in [1.807, 2.05) is 0 Å². The Morgan fingerprint density at radius 1 is 0.560 bits per heavy atom. The van der Waals surface area contributed by atoms with Gasteiger partial charge in [0.05, 0.1) is 19.6 Å². The fourth-order valence-corrected chi connectivity index (χ4v) is 6.99. The molecule has 0 saturated heterocycles. The van der Waals surface area contributed by atoms with Crippen LogP contribution in [0.3, 0.4) is 0 Å². The lowest BCUT2D eigenvalue weighted by Crippen LogP contribution is -1.99. The van der Waals surface area contributed by atoms with Gasteiger partial charge in [-0.3, -0.25) is 0 Å². The zero-order valence-corrected chi connectivity index (χ0v) is 14.4. The zero-order valence-electron chi connectivity index (χ0n) is 12.7. The van der Waals surface area contributed by atoms with E-state index in [1.165, 1.54) is 18.2 Å². The lowest BCUT2D eigenvalue weighted by molar-refractivity contribution is 0.596. The highest BCUT2D eigenvalue weighted by molar-refractivity contribution is 7.92. The Kier molecular flexibility index (Phi) is 2.53. The van der Waals surface area contributed by atoms with Crippen LogP contribution in [0, 0.1) is 0 Å². The lowest BCUT2D eigenvalue weighted by Gasteiger charge is -2.04. The molecular formula is C18H11NO4S2. The van der Waals surface area contributed by atoms with Gasteiger partial charge in [0.15, 0.2) is 0 Å². The van der Waals surface area contributed by atoms with Crippen molar-refractivity contribution in [2.24, 2.45) is 0 Å². The summed E-state index contributed by atoms with van der Waals surface area (Å²) in [5.41, 5.74) is 7.93. The molecule has 5 nitrogen and oxygen atoms in total. The highest BCUT2D eigenvalue weighted by atomic mass is 32.2. The van der Waals surface area contributed by atoms with Crippen molar-refractivity contribution in [3.8, 4) is 22.3 Å². The number of hydrogen-bond acceptors (Lipinski definition) is 5. The molecule has 2 aliphatic rings. The molecule has 2 N–H and O–H groups in total. The van der Waals surface area contributed by atoms with E-state index in [2.05, 4.69) is 0 Å². The summed E-state index contributed by atoms with van der Waals surface area (Å²) in [6, 6.07) is 14.2. The smallest absolute Gasteiger partial charge is 0.207 e. The van der Waals surface area contributed by atoms with Gasteiger partial charge in [0.25, 0.3) is 0 Å². The summed E-state index contributed by atoms with van der Waals surface area (Å²) in [4.78, 5) is 0.603. The molecule has 0 bridgehead atoms. The van der Waals surface area contributed by atoms with E-state index in [0.29, 0.717) is 27.9 Å². The van der Waals surface area contributed by atoms with E-state index in [-0.39, 0.29) is 19.6 Å². The third-order valence-electron chi connectivity index (χ3n) is 4.71. The van der Waals surface area contributed by atoms with Crippen molar-refractivity contribution in [3.63, 3.8) is 0 Å². The highest BCUT2D eigenvalue weighted by Gasteiger charge is 2.39. The molecule has 0 fully saturated rings. The minimum absolute atomic E-state index is 0.122. The summed E-state index contributed by atoms with van der Waals surface area (Å²) >= 11 is 0. The van der Waals surface area contributed by atoms with Crippen LogP contribution < -0.4 is 5.73 Å². The van der Waals surface area contributed by atoms with E-state index in [0.717, 1.165) is 0 Å².